The van der Waals surface area contributed by atoms with Crippen LogP contribution < -0.4 is 0 Å². The van der Waals surface area contributed by atoms with Crippen molar-refractivity contribution in [2.45, 2.75) is 141 Å². The van der Waals surface area contributed by atoms with Gasteiger partial charge in [-0.3, -0.25) is 0 Å². The Morgan fingerprint density at radius 2 is 0.412 bits per heavy atom. The molecule has 0 amide bonds. The van der Waals surface area contributed by atoms with Crippen LogP contribution in [0.4, 0.5) is 0 Å². The molecule has 0 fully saturated rings. The fourth-order valence-electron chi connectivity index (χ4n) is 7.39. The quantitative estimate of drug-likeness (QED) is 0.162. The van der Waals surface area contributed by atoms with E-state index in [4.69, 9.17) is 8.44 Å². The molecular weight excluding hydrogens is 617 g/mol. The molecule has 0 unspecified atom stereocenters. The summed E-state index contributed by atoms with van der Waals surface area (Å²) in [5.74, 6) is 3.34. The fourth-order valence-corrected chi connectivity index (χ4v) is 18.2. The summed E-state index contributed by atoms with van der Waals surface area (Å²) in [5, 5.41) is 0. The van der Waals surface area contributed by atoms with Gasteiger partial charge in [0.2, 0.25) is 0 Å². The van der Waals surface area contributed by atoms with Gasteiger partial charge >= 0.3 is 226 Å². The van der Waals surface area contributed by atoms with Crippen LogP contribution in [0.5, 0.6) is 0 Å². The molecule has 0 saturated heterocycles. The normalized spacial score (nSPS) is 14.8. The molecule has 0 aromatic rings. The second-order valence-electron chi connectivity index (χ2n) is 13.5. The SMILES string of the molecule is CC(C)C([O][Bi]([O]C(C(C)C)(C(C)C)C(C)C)[O]C(C(C)C)(C(C)C)C(C)C)(C(C)C)C(C)C. The van der Waals surface area contributed by atoms with Crippen molar-refractivity contribution >= 4 is 23.1 Å². The average molecular weight is 681 g/mol. The summed E-state index contributed by atoms with van der Waals surface area (Å²) in [5.41, 5.74) is -0.818. The average Bonchev–Trinajstić information content (AvgIpc) is 2.64. The molecule has 0 spiro atoms. The Hall–Kier alpha value is 0.763. The van der Waals surface area contributed by atoms with Gasteiger partial charge < -0.3 is 0 Å². The number of hydrogen-bond acceptors (Lipinski definition) is 3. The third kappa shape index (κ3) is 6.79. The van der Waals surface area contributed by atoms with Crippen molar-refractivity contribution in [3.8, 4) is 0 Å². The van der Waals surface area contributed by atoms with Crippen molar-refractivity contribution in [1.82, 2.24) is 0 Å². The summed E-state index contributed by atoms with van der Waals surface area (Å²) in [4.78, 5) is 0. The van der Waals surface area contributed by atoms with Crippen LogP contribution in [0.25, 0.3) is 0 Å². The van der Waals surface area contributed by atoms with Crippen molar-refractivity contribution in [2.24, 2.45) is 53.3 Å². The Bertz CT molecular complexity index is 429. The maximum absolute atomic E-state index is 7.39. The minimum absolute atomic E-state index is 0.273. The molecule has 0 heterocycles. The van der Waals surface area contributed by atoms with Crippen molar-refractivity contribution in [3.05, 3.63) is 0 Å². The first-order chi connectivity index (χ1) is 15.3. The third-order valence-electron chi connectivity index (χ3n) is 8.82. The molecule has 34 heavy (non-hydrogen) atoms. The van der Waals surface area contributed by atoms with Gasteiger partial charge in [0, 0.05) is 0 Å². The molecule has 0 aliphatic rings. The second-order valence-corrected chi connectivity index (χ2v) is 17.3. The summed E-state index contributed by atoms with van der Waals surface area (Å²) in [6, 6.07) is 0. The molecule has 0 rings (SSSR count). The molecule has 0 N–H and O–H groups in total. The molecule has 0 aliphatic heterocycles. The molecular formula is C30H63BiO3. The zero-order valence-electron chi connectivity index (χ0n) is 26.4. The van der Waals surface area contributed by atoms with E-state index in [1.54, 1.807) is 0 Å². The first-order valence-corrected chi connectivity index (χ1v) is 18.4. The molecule has 0 aliphatic carbocycles. The van der Waals surface area contributed by atoms with Crippen molar-refractivity contribution in [1.29, 1.82) is 0 Å². The molecule has 0 atom stereocenters. The number of hydrogen-bond donors (Lipinski definition) is 0. The topological polar surface area (TPSA) is 27.7 Å². The van der Waals surface area contributed by atoms with Gasteiger partial charge in [-0.05, 0) is 0 Å². The number of rotatable bonds is 15. The van der Waals surface area contributed by atoms with Crippen LogP contribution >= 0.6 is 0 Å². The summed E-state index contributed by atoms with van der Waals surface area (Å²) < 4.78 is 22.2. The molecule has 0 aromatic heterocycles. The van der Waals surface area contributed by atoms with Crippen LogP contribution in [0.2, 0.25) is 0 Å². The fraction of sp³-hybridized carbons (Fsp3) is 1.00. The van der Waals surface area contributed by atoms with Gasteiger partial charge in [0.25, 0.3) is 0 Å². The van der Waals surface area contributed by atoms with Crippen LogP contribution in [0.15, 0.2) is 0 Å². The van der Waals surface area contributed by atoms with Gasteiger partial charge in [-0.1, -0.05) is 0 Å². The van der Waals surface area contributed by atoms with Gasteiger partial charge in [0.15, 0.2) is 0 Å². The van der Waals surface area contributed by atoms with E-state index in [0.29, 0.717) is 53.3 Å². The van der Waals surface area contributed by atoms with Gasteiger partial charge in [0.1, 0.15) is 0 Å². The molecule has 206 valence electrons. The van der Waals surface area contributed by atoms with Crippen molar-refractivity contribution in [3.63, 3.8) is 0 Å². The van der Waals surface area contributed by atoms with E-state index in [2.05, 4.69) is 125 Å². The Balaban J connectivity index is 7.02. The molecule has 0 aromatic carbocycles. The van der Waals surface area contributed by atoms with Gasteiger partial charge in [0.05, 0.1) is 0 Å². The van der Waals surface area contributed by atoms with Gasteiger partial charge in [-0.2, -0.15) is 0 Å². The van der Waals surface area contributed by atoms with E-state index in [1.165, 1.54) is 0 Å². The first-order valence-electron chi connectivity index (χ1n) is 14.2. The molecule has 0 saturated carbocycles. The molecule has 0 bridgehead atoms. The summed E-state index contributed by atoms with van der Waals surface area (Å²) >= 11 is -3.49. The van der Waals surface area contributed by atoms with E-state index in [0.717, 1.165) is 0 Å². The first kappa shape index (κ1) is 34.8. The molecule has 0 radical (unpaired) electrons. The third-order valence-corrected chi connectivity index (χ3v) is 14.2. The summed E-state index contributed by atoms with van der Waals surface area (Å²) in [7, 11) is 0. The van der Waals surface area contributed by atoms with Gasteiger partial charge in [-0.15, -0.1) is 0 Å². The Morgan fingerprint density at radius 3 is 0.500 bits per heavy atom. The second kappa shape index (κ2) is 13.5. The van der Waals surface area contributed by atoms with E-state index < -0.39 is 23.1 Å². The molecule has 4 heteroatoms. The summed E-state index contributed by atoms with van der Waals surface area (Å²) in [6.45, 7) is 41.6. The van der Waals surface area contributed by atoms with Crippen LogP contribution in [-0.4, -0.2) is 39.9 Å². The van der Waals surface area contributed by atoms with Crippen molar-refractivity contribution < 1.29 is 8.44 Å². The summed E-state index contributed by atoms with van der Waals surface area (Å²) in [6.07, 6.45) is 0. The predicted molar refractivity (Wildman–Crippen MR) is 151 cm³/mol. The Morgan fingerprint density at radius 1 is 0.294 bits per heavy atom. The van der Waals surface area contributed by atoms with E-state index in [-0.39, 0.29) is 16.8 Å². The van der Waals surface area contributed by atoms with Crippen molar-refractivity contribution in [2.75, 3.05) is 0 Å². The van der Waals surface area contributed by atoms with E-state index in [1.807, 2.05) is 0 Å². The van der Waals surface area contributed by atoms with E-state index in [9.17, 15) is 0 Å². The predicted octanol–water partition coefficient (Wildman–Crippen LogP) is 9.14. The van der Waals surface area contributed by atoms with Crippen LogP contribution in [-0.2, 0) is 8.44 Å². The maximum atomic E-state index is 7.39. The van der Waals surface area contributed by atoms with Gasteiger partial charge in [-0.25, -0.2) is 0 Å². The van der Waals surface area contributed by atoms with Crippen LogP contribution in [0, 0.1) is 53.3 Å². The zero-order chi connectivity index (χ0) is 27.4. The van der Waals surface area contributed by atoms with Crippen LogP contribution in [0.3, 0.4) is 0 Å². The Kier molecular flexibility index (Phi) is 13.8. The van der Waals surface area contributed by atoms with E-state index >= 15 is 0 Å². The Labute approximate surface area is 225 Å². The zero-order valence-corrected chi connectivity index (χ0v) is 29.8. The van der Waals surface area contributed by atoms with Crippen LogP contribution in [0.1, 0.15) is 125 Å². The minimum atomic E-state index is -3.49. The molecule has 3 nitrogen and oxygen atoms in total. The monoisotopic (exact) mass is 680 g/mol. The standard InChI is InChI=1S/3C10H21O.Bi/c3*1-7(2)10(11,8(3)4)9(5)6;/h3*7-9H,1-6H3;/q3*-1;+3.